The summed E-state index contributed by atoms with van der Waals surface area (Å²) in [7, 11) is 0. The number of aromatic nitrogens is 2. The summed E-state index contributed by atoms with van der Waals surface area (Å²) in [4.78, 5) is 4.93. The third-order valence-electron chi connectivity index (χ3n) is 9.76. The predicted octanol–water partition coefficient (Wildman–Crippen LogP) is 7.77. The molecule has 0 saturated heterocycles. The van der Waals surface area contributed by atoms with E-state index in [1.807, 2.05) is 30.3 Å². The maximum Gasteiger partial charge on any atom is 0.145 e. The van der Waals surface area contributed by atoms with E-state index in [9.17, 15) is 5.11 Å². The monoisotopic (exact) mass is 546 g/mol. The molecule has 0 amide bonds. The van der Waals surface area contributed by atoms with Gasteiger partial charge in [-0.05, 0) is 93.4 Å². The summed E-state index contributed by atoms with van der Waals surface area (Å²) in [5.74, 6) is 2.33. The van der Waals surface area contributed by atoms with Crippen LogP contribution < -0.4 is 0 Å². The Bertz CT molecular complexity index is 1490. The van der Waals surface area contributed by atoms with Crippen molar-refractivity contribution < 1.29 is 14.4 Å². The lowest BCUT2D eigenvalue weighted by Crippen LogP contribution is -2.62. The quantitative estimate of drug-likeness (QED) is 0.267. The molecule has 0 spiro atoms. The van der Waals surface area contributed by atoms with Gasteiger partial charge in [-0.2, -0.15) is 0 Å². The number of para-hydroxylation sites is 1. The van der Waals surface area contributed by atoms with E-state index in [2.05, 4.69) is 24.2 Å². The van der Waals surface area contributed by atoms with E-state index in [0.717, 1.165) is 88.3 Å². The Hall–Kier alpha value is -2.25. The van der Waals surface area contributed by atoms with Gasteiger partial charge in [0.1, 0.15) is 22.1 Å². The van der Waals surface area contributed by atoms with E-state index in [1.54, 1.807) is 11.3 Å². The summed E-state index contributed by atoms with van der Waals surface area (Å²) in [6.07, 6.45) is 7.19. The molecule has 9 rings (SSSR count). The smallest absolute Gasteiger partial charge is 0.145 e. The van der Waals surface area contributed by atoms with E-state index in [1.165, 1.54) is 0 Å². The highest BCUT2D eigenvalue weighted by molar-refractivity contribution is 7.18. The molecule has 1 N–H and O–H groups in total. The zero-order valence-electron chi connectivity index (χ0n) is 21.5. The van der Waals surface area contributed by atoms with E-state index in [4.69, 9.17) is 25.8 Å². The second-order valence-electron chi connectivity index (χ2n) is 12.2. The molecule has 4 aromatic rings. The number of halogens is 1. The van der Waals surface area contributed by atoms with Crippen molar-refractivity contribution in [2.75, 3.05) is 0 Å². The van der Waals surface area contributed by atoms with Gasteiger partial charge in [0.15, 0.2) is 0 Å². The normalized spacial score (nSPS) is 31.9. The standard InChI is InChI=1S/C31H31ClN2O3S/c1-17-5-4-6-23(32)26(17)27-22(28(37-34-27)19-9-10-19)16-36-30-13-18-11-20(14-30)31(35,21(12-18)15-30)29-33-24-7-2-3-8-25(24)38-29/h2-8,18-21,35H,9-16H2,1H3/t18?,20-,21+,30+,31+. The molecule has 2 aromatic heterocycles. The third-order valence-corrected chi connectivity index (χ3v) is 11.3. The molecule has 38 heavy (non-hydrogen) atoms. The minimum atomic E-state index is -0.857. The van der Waals surface area contributed by atoms with Crippen molar-refractivity contribution in [2.45, 2.75) is 75.6 Å². The van der Waals surface area contributed by atoms with Crippen LogP contribution >= 0.6 is 22.9 Å². The number of nitrogens with zero attached hydrogens (tertiary/aromatic N) is 2. The van der Waals surface area contributed by atoms with Gasteiger partial charge in [0, 0.05) is 17.0 Å². The summed E-state index contributed by atoms with van der Waals surface area (Å²) >= 11 is 8.33. The lowest BCUT2D eigenvalue weighted by atomic mass is 9.48. The summed E-state index contributed by atoms with van der Waals surface area (Å²) in [5, 5.41) is 18.4. The number of aliphatic hydroxyl groups is 1. The highest BCUT2D eigenvalue weighted by atomic mass is 35.5. The minimum absolute atomic E-state index is 0.171. The van der Waals surface area contributed by atoms with Crippen LogP contribution in [0.3, 0.4) is 0 Å². The van der Waals surface area contributed by atoms with Gasteiger partial charge in [0.2, 0.25) is 0 Å². The maximum atomic E-state index is 12.3. The van der Waals surface area contributed by atoms with E-state index < -0.39 is 5.60 Å². The first kappa shape index (κ1) is 23.6. The van der Waals surface area contributed by atoms with Crippen LogP contribution in [0.2, 0.25) is 5.02 Å². The number of fused-ring (bicyclic) bond motifs is 1. The molecule has 7 heteroatoms. The van der Waals surface area contributed by atoms with Crippen molar-refractivity contribution in [2.24, 2.45) is 17.8 Å². The molecule has 5 saturated carbocycles. The van der Waals surface area contributed by atoms with Crippen LogP contribution in [0.15, 0.2) is 47.0 Å². The Morgan fingerprint density at radius 2 is 1.87 bits per heavy atom. The number of aryl methyl sites for hydroxylation is 1. The average Bonchev–Trinajstić information content (AvgIpc) is 3.50. The van der Waals surface area contributed by atoms with Crippen LogP contribution in [0.1, 0.15) is 72.8 Å². The fourth-order valence-corrected chi connectivity index (χ4v) is 9.49. The molecular formula is C31H31ClN2O3S. The van der Waals surface area contributed by atoms with Crippen molar-refractivity contribution in [3.63, 3.8) is 0 Å². The van der Waals surface area contributed by atoms with Gasteiger partial charge in [0.25, 0.3) is 0 Å². The number of thiazole rings is 1. The van der Waals surface area contributed by atoms with Crippen molar-refractivity contribution in [1.29, 1.82) is 0 Å². The third kappa shape index (κ3) is 3.50. The van der Waals surface area contributed by atoms with Crippen LogP contribution in [-0.2, 0) is 16.9 Å². The Morgan fingerprint density at radius 1 is 1.08 bits per heavy atom. The van der Waals surface area contributed by atoms with E-state index in [-0.39, 0.29) is 17.4 Å². The van der Waals surface area contributed by atoms with Crippen LogP contribution in [0, 0.1) is 24.7 Å². The number of rotatable bonds is 6. The topological polar surface area (TPSA) is 68.4 Å². The minimum Gasteiger partial charge on any atom is -0.382 e. The van der Waals surface area contributed by atoms with Gasteiger partial charge in [0.05, 0.1) is 27.4 Å². The fraction of sp³-hybridized carbons (Fsp3) is 0.484. The van der Waals surface area contributed by atoms with Crippen LogP contribution in [0.5, 0.6) is 0 Å². The van der Waals surface area contributed by atoms with Gasteiger partial charge >= 0.3 is 0 Å². The van der Waals surface area contributed by atoms with Crippen LogP contribution in [0.25, 0.3) is 21.5 Å². The Morgan fingerprint density at radius 3 is 2.61 bits per heavy atom. The summed E-state index contributed by atoms with van der Waals surface area (Å²) in [5.41, 5.74) is 3.83. The highest BCUT2D eigenvalue weighted by Crippen LogP contribution is 2.65. The zero-order valence-corrected chi connectivity index (χ0v) is 23.0. The fourth-order valence-electron chi connectivity index (χ4n) is 7.96. The summed E-state index contributed by atoms with van der Waals surface area (Å²) in [6, 6.07) is 14.2. The Labute approximate surface area is 231 Å². The first-order chi connectivity index (χ1) is 18.4. The molecule has 5 aliphatic rings. The first-order valence-corrected chi connectivity index (χ1v) is 15.1. The van der Waals surface area contributed by atoms with Crippen LogP contribution in [-0.4, -0.2) is 20.8 Å². The van der Waals surface area contributed by atoms with Crippen molar-refractivity contribution >= 4 is 33.2 Å². The molecule has 5 fully saturated rings. The summed E-state index contributed by atoms with van der Waals surface area (Å²) < 4.78 is 14.1. The second kappa shape index (κ2) is 8.37. The Kier molecular flexibility index (Phi) is 5.21. The maximum absolute atomic E-state index is 12.3. The predicted molar refractivity (Wildman–Crippen MR) is 148 cm³/mol. The van der Waals surface area contributed by atoms with Crippen LogP contribution in [0.4, 0.5) is 0 Å². The number of hydrogen-bond acceptors (Lipinski definition) is 6. The molecule has 5 atom stereocenters. The molecule has 5 aliphatic carbocycles. The van der Waals surface area contributed by atoms with E-state index >= 15 is 0 Å². The lowest BCUT2D eigenvalue weighted by Gasteiger charge is -2.62. The highest BCUT2D eigenvalue weighted by Gasteiger charge is 2.64. The van der Waals surface area contributed by atoms with Gasteiger partial charge in [-0.25, -0.2) is 4.98 Å². The van der Waals surface area contributed by atoms with Gasteiger partial charge < -0.3 is 14.4 Å². The number of ether oxygens (including phenoxy) is 1. The van der Waals surface area contributed by atoms with Gasteiger partial charge in [-0.3, -0.25) is 0 Å². The molecular weight excluding hydrogens is 516 g/mol. The van der Waals surface area contributed by atoms with Gasteiger partial charge in [-0.15, -0.1) is 11.3 Å². The molecule has 2 aromatic carbocycles. The molecule has 196 valence electrons. The molecule has 2 heterocycles. The molecule has 1 unspecified atom stereocenters. The summed E-state index contributed by atoms with van der Waals surface area (Å²) in [6.45, 7) is 2.54. The average molecular weight is 547 g/mol. The lowest BCUT2D eigenvalue weighted by molar-refractivity contribution is -0.250. The SMILES string of the molecule is Cc1cccc(Cl)c1-c1noc(C2CC2)c1CO[C@@]12CC3C[C@H](C1)[C@@](O)(c1nc4ccccc4s1)[C@@H](C3)C2. The molecule has 4 bridgehead atoms. The molecule has 0 radical (unpaired) electrons. The number of benzene rings is 2. The number of hydrogen-bond donors (Lipinski definition) is 1. The van der Waals surface area contributed by atoms with Crippen molar-refractivity contribution in [3.05, 3.63) is 69.4 Å². The molecule has 0 aliphatic heterocycles. The first-order valence-electron chi connectivity index (χ1n) is 13.9. The van der Waals surface area contributed by atoms with E-state index in [0.29, 0.717) is 23.5 Å². The molecule has 5 nitrogen and oxygen atoms in total. The zero-order chi connectivity index (χ0) is 25.6. The largest absolute Gasteiger partial charge is 0.382 e. The van der Waals surface area contributed by atoms with Gasteiger partial charge in [-0.1, -0.05) is 41.0 Å². The van der Waals surface area contributed by atoms with Crippen molar-refractivity contribution in [3.8, 4) is 11.3 Å². The second-order valence-corrected chi connectivity index (χ2v) is 13.6. The Balaban J connectivity index is 1.11. The van der Waals surface area contributed by atoms with Crippen molar-refractivity contribution in [1.82, 2.24) is 10.1 Å².